The van der Waals surface area contributed by atoms with Crippen molar-refractivity contribution >= 4 is 21.5 Å². The maximum atomic E-state index is 13.4. The number of para-hydroxylation sites is 1. The number of nitrogens with zero attached hydrogens (tertiary/aromatic N) is 3. The molecule has 11 heteroatoms. The topological polar surface area (TPSA) is 96.9 Å². The van der Waals surface area contributed by atoms with Crippen LogP contribution in [0, 0.1) is 0 Å². The van der Waals surface area contributed by atoms with Gasteiger partial charge in [-0.25, -0.2) is 18.4 Å². The van der Waals surface area contributed by atoms with Gasteiger partial charge < -0.3 is 5.32 Å². The number of hydrogen-bond acceptors (Lipinski definition) is 6. The number of hydrogen-bond donors (Lipinski definition) is 2. The summed E-state index contributed by atoms with van der Waals surface area (Å²) in [5, 5.41) is 2.85. The molecule has 4 aromatic rings. The van der Waals surface area contributed by atoms with E-state index in [9.17, 15) is 21.6 Å². The number of rotatable bonds is 7. The van der Waals surface area contributed by atoms with Gasteiger partial charge in [-0.2, -0.15) is 13.2 Å². The molecule has 7 nitrogen and oxygen atoms in total. The molecule has 0 amide bonds. The van der Waals surface area contributed by atoms with E-state index in [-0.39, 0.29) is 23.1 Å². The summed E-state index contributed by atoms with van der Waals surface area (Å²) in [6.07, 6.45) is -1.81. The SMILES string of the molecule is O=S(=O)(Nc1ccccc1CNc1cc(C(F)(F)F)nc(-c2ccncc2)n1)c1ccccc1. The second kappa shape index (κ2) is 9.48. The van der Waals surface area contributed by atoms with Crippen molar-refractivity contribution < 1.29 is 21.6 Å². The number of pyridine rings is 1. The molecule has 0 radical (unpaired) electrons. The van der Waals surface area contributed by atoms with Crippen molar-refractivity contribution in [3.8, 4) is 11.4 Å². The molecule has 174 valence electrons. The van der Waals surface area contributed by atoms with Crippen LogP contribution in [0.2, 0.25) is 0 Å². The lowest BCUT2D eigenvalue weighted by Gasteiger charge is -2.15. The summed E-state index contributed by atoms with van der Waals surface area (Å²) in [5.74, 6) is -0.173. The molecule has 2 N–H and O–H groups in total. The highest BCUT2D eigenvalue weighted by molar-refractivity contribution is 7.92. The molecular weight excluding hydrogens is 467 g/mol. The molecule has 0 fully saturated rings. The van der Waals surface area contributed by atoms with Gasteiger partial charge >= 0.3 is 6.18 Å². The normalized spacial score (nSPS) is 11.7. The Morgan fingerprint density at radius 1 is 0.853 bits per heavy atom. The molecule has 4 rings (SSSR count). The number of aromatic nitrogens is 3. The second-order valence-electron chi connectivity index (χ2n) is 7.12. The highest BCUT2D eigenvalue weighted by Crippen LogP contribution is 2.31. The van der Waals surface area contributed by atoms with Gasteiger partial charge in [0.25, 0.3) is 10.0 Å². The summed E-state index contributed by atoms with van der Waals surface area (Å²) in [7, 11) is -3.85. The van der Waals surface area contributed by atoms with Crippen LogP contribution >= 0.6 is 0 Å². The summed E-state index contributed by atoms with van der Waals surface area (Å²) >= 11 is 0. The Hall–Kier alpha value is -3.99. The van der Waals surface area contributed by atoms with Gasteiger partial charge in [0.2, 0.25) is 0 Å². The molecule has 0 aliphatic rings. The first kappa shape index (κ1) is 23.2. The zero-order chi connectivity index (χ0) is 24.2. The van der Waals surface area contributed by atoms with Crippen LogP contribution in [0.5, 0.6) is 0 Å². The number of nitrogens with one attached hydrogen (secondary N) is 2. The zero-order valence-corrected chi connectivity index (χ0v) is 18.3. The van der Waals surface area contributed by atoms with Gasteiger partial charge in [0.1, 0.15) is 5.82 Å². The van der Waals surface area contributed by atoms with Gasteiger partial charge in [-0.3, -0.25) is 9.71 Å². The molecule has 0 aliphatic carbocycles. The molecule has 0 saturated heterocycles. The monoisotopic (exact) mass is 485 g/mol. The predicted octanol–water partition coefficient (Wildman–Crippen LogP) is 4.97. The fourth-order valence-corrected chi connectivity index (χ4v) is 4.20. The fraction of sp³-hybridized carbons (Fsp3) is 0.0870. The largest absolute Gasteiger partial charge is 0.433 e. The summed E-state index contributed by atoms with van der Waals surface area (Å²) < 4.78 is 68.2. The van der Waals surface area contributed by atoms with Gasteiger partial charge in [-0.1, -0.05) is 36.4 Å². The highest BCUT2D eigenvalue weighted by atomic mass is 32.2. The Balaban J connectivity index is 1.61. The van der Waals surface area contributed by atoms with Crippen molar-refractivity contribution in [1.29, 1.82) is 0 Å². The average molecular weight is 485 g/mol. The third-order valence-electron chi connectivity index (χ3n) is 4.73. The van der Waals surface area contributed by atoms with Gasteiger partial charge in [-0.15, -0.1) is 0 Å². The second-order valence-corrected chi connectivity index (χ2v) is 8.81. The van der Waals surface area contributed by atoms with Crippen LogP contribution in [0.4, 0.5) is 24.7 Å². The van der Waals surface area contributed by atoms with E-state index in [1.165, 1.54) is 36.7 Å². The van der Waals surface area contributed by atoms with Crippen LogP contribution in [0.25, 0.3) is 11.4 Å². The maximum absolute atomic E-state index is 13.4. The van der Waals surface area contributed by atoms with Crippen molar-refractivity contribution in [2.75, 3.05) is 10.0 Å². The Morgan fingerprint density at radius 3 is 2.24 bits per heavy atom. The van der Waals surface area contributed by atoms with E-state index in [2.05, 4.69) is 25.0 Å². The van der Waals surface area contributed by atoms with Gasteiger partial charge in [-0.05, 0) is 35.9 Å². The van der Waals surface area contributed by atoms with Crippen LogP contribution in [-0.4, -0.2) is 23.4 Å². The molecule has 0 bridgehead atoms. The first-order chi connectivity index (χ1) is 16.2. The number of alkyl halides is 3. The van der Waals surface area contributed by atoms with E-state index in [4.69, 9.17) is 0 Å². The smallest absolute Gasteiger partial charge is 0.366 e. The lowest BCUT2D eigenvalue weighted by atomic mass is 10.2. The number of sulfonamides is 1. The third kappa shape index (κ3) is 5.49. The Labute approximate surface area is 193 Å². The number of halogens is 3. The Bertz CT molecular complexity index is 1380. The molecule has 2 aromatic heterocycles. The summed E-state index contributed by atoms with van der Waals surface area (Å²) in [6.45, 7) is 0.0115. The minimum atomic E-state index is -4.68. The number of anilines is 2. The van der Waals surface area contributed by atoms with E-state index in [0.717, 1.165) is 6.07 Å². The number of benzene rings is 2. The van der Waals surface area contributed by atoms with Gasteiger partial charge in [0, 0.05) is 30.6 Å². The molecule has 0 saturated carbocycles. The van der Waals surface area contributed by atoms with E-state index in [0.29, 0.717) is 16.8 Å². The van der Waals surface area contributed by atoms with E-state index in [1.807, 2.05) is 0 Å². The van der Waals surface area contributed by atoms with Gasteiger partial charge in [0.15, 0.2) is 11.5 Å². The Kier molecular flexibility index (Phi) is 6.46. The lowest BCUT2D eigenvalue weighted by molar-refractivity contribution is -0.141. The first-order valence-electron chi connectivity index (χ1n) is 9.99. The standard InChI is InChI=1S/C23H18F3N5O2S/c24-23(25,26)20-14-21(30-22(29-20)16-10-12-27-13-11-16)28-15-17-6-4-5-9-19(17)31-34(32,33)18-7-2-1-3-8-18/h1-14,31H,15H2,(H,28,29,30). The van der Waals surface area contributed by atoms with E-state index in [1.54, 1.807) is 42.5 Å². The maximum Gasteiger partial charge on any atom is 0.433 e. The average Bonchev–Trinajstić information content (AvgIpc) is 2.84. The van der Waals surface area contributed by atoms with Gasteiger partial charge in [0.05, 0.1) is 10.6 Å². The quantitative estimate of drug-likeness (QED) is 0.384. The van der Waals surface area contributed by atoms with Crippen LogP contribution < -0.4 is 10.0 Å². The molecule has 0 spiro atoms. The molecule has 34 heavy (non-hydrogen) atoms. The molecule has 2 heterocycles. The van der Waals surface area contributed by atoms with Crippen molar-refractivity contribution in [3.63, 3.8) is 0 Å². The first-order valence-corrected chi connectivity index (χ1v) is 11.5. The summed E-state index contributed by atoms with van der Waals surface area (Å²) in [4.78, 5) is 11.8. The predicted molar refractivity (Wildman–Crippen MR) is 121 cm³/mol. The van der Waals surface area contributed by atoms with Crippen molar-refractivity contribution in [1.82, 2.24) is 15.0 Å². The van der Waals surface area contributed by atoms with Crippen LogP contribution in [0.15, 0.2) is 90.1 Å². The molecule has 0 atom stereocenters. The van der Waals surface area contributed by atoms with Crippen molar-refractivity contribution in [2.45, 2.75) is 17.6 Å². The molecule has 0 unspecified atom stereocenters. The van der Waals surface area contributed by atoms with Crippen molar-refractivity contribution in [2.24, 2.45) is 0 Å². The van der Waals surface area contributed by atoms with Crippen LogP contribution in [-0.2, 0) is 22.7 Å². The fourth-order valence-electron chi connectivity index (χ4n) is 3.08. The Morgan fingerprint density at radius 2 is 1.53 bits per heavy atom. The molecule has 2 aromatic carbocycles. The van der Waals surface area contributed by atoms with E-state index >= 15 is 0 Å². The van der Waals surface area contributed by atoms with E-state index < -0.39 is 21.9 Å². The van der Waals surface area contributed by atoms with Crippen LogP contribution in [0.1, 0.15) is 11.3 Å². The van der Waals surface area contributed by atoms with Crippen molar-refractivity contribution in [3.05, 3.63) is 96.4 Å². The minimum absolute atomic E-state index is 0.0115. The van der Waals surface area contributed by atoms with Crippen LogP contribution in [0.3, 0.4) is 0 Å². The minimum Gasteiger partial charge on any atom is -0.366 e. The summed E-state index contributed by atoms with van der Waals surface area (Å²) in [6, 6.07) is 18.2. The molecule has 0 aliphatic heterocycles. The summed E-state index contributed by atoms with van der Waals surface area (Å²) in [5.41, 5.74) is 0.0769. The third-order valence-corrected chi connectivity index (χ3v) is 6.11. The zero-order valence-electron chi connectivity index (χ0n) is 17.5. The lowest BCUT2D eigenvalue weighted by Crippen LogP contribution is -2.15. The highest BCUT2D eigenvalue weighted by Gasteiger charge is 2.34. The molecular formula is C23H18F3N5O2S.